The molecule has 0 radical (unpaired) electrons. The van der Waals surface area contributed by atoms with Crippen LogP contribution in [0.4, 0.5) is 26.4 Å². The fraction of sp³-hybridized carbons (Fsp3) is 0.556. The Morgan fingerprint density at radius 2 is 1.68 bits per heavy atom. The maximum Gasteiger partial charge on any atom is 0.224 e. The number of benzene rings is 1. The van der Waals surface area contributed by atoms with Crippen molar-refractivity contribution >= 4 is 34.7 Å². The number of amides is 1. The standard InChI is InChI=1S/C27H33F2N7O2/c28-16-3-12-22(21(29)13-16)33-27-34-23-14-30-26(32-18-6-10-20(37)11-7-18)35-24(23)36(27)19-8-1-15(2-9-19)25(38)31-17-4-5-17/h3,12-15,17-20,37H,1-2,4-11H2,(H,31,38)(H,33,34)(H,30,32,35)/t15-,18-,19+,20-. The van der Waals surface area contributed by atoms with Crippen LogP contribution < -0.4 is 16.0 Å². The highest BCUT2D eigenvalue weighted by Gasteiger charge is 2.33. The second-order valence-electron chi connectivity index (χ2n) is 10.9. The molecule has 202 valence electrons. The molecule has 2 aromatic heterocycles. The van der Waals surface area contributed by atoms with E-state index in [4.69, 9.17) is 4.98 Å². The van der Waals surface area contributed by atoms with Crippen LogP contribution in [0.3, 0.4) is 0 Å². The number of aliphatic hydroxyl groups excluding tert-OH is 1. The van der Waals surface area contributed by atoms with Crippen LogP contribution in [-0.4, -0.2) is 48.7 Å². The average molecular weight is 526 g/mol. The van der Waals surface area contributed by atoms with E-state index in [-0.39, 0.29) is 35.7 Å². The Balaban J connectivity index is 1.28. The summed E-state index contributed by atoms with van der Waals surface area (Å²) in [6.45, 7) is 0. The molecule has 3 aromatic rings. The van der Waals surface area contributed by atoms with Crippen LogP contribution in [0.25, 0.3) is 11.2 Å². The highest BCUT2D eigenvalue weighted by atomic mass is 19.1. The Morgan fingerprint density at radius 1 is 0.947 bits per heavy atom. The summed E-state index contributed by atoms with van der Waals surface area (Å²) in [4.78, 5) is 26.6. The van der Waals surface area contributed by atoms with E-state index < -0.39 is 11.6 Å². The minimum absolute atomic E-state index is 0.00330. The molecule has 11 heteroatoms. The van der Waals surface area contributed by atoms with E-state index in [0.29, 0.717) is 29.1 Å². The third kappa shape index (κ3) is 5.43. The van der Waals surface area contributed by atoms with E-state index in [1.807, 2.05) is 4.57 Å². The lowest BCUT2D eigenvalue weighted by Gasteiger charge is -2.30. The van der Waals surface area contributed by atoms with E-state index in [1.54, 1.807) is 6.20 Å². The number of hydrogen-bond donors (Lipinski definition) is 4. The number of halogens is 2. The lowest BCUT2D eigenvalue weighted by Crippen LogP contribution is -2.35. The number of nitrogens with zero attached hydrogens (tertiary/aromatic N) is 4. The minimum Gasteiger partial charge on any atom is -0.393 e. The smallest absolute Gasteiger partial charge is 0.224 e. The van der Waals surface area contributed by atoms with Gasteiger partial charge >= 0.3 is 0 Å². The molecular weight excluding hydrogens is 492 g/mol. The van der Waals surface area contributed by atoms with Gasteiger partial charge in [-0.3, -0.25) is 9.36 Å². The third-order valence-electron chi connectivity index (χ3n) is 8.00. The largest absolute Gasteiger partial charge is 0.393 e. The van der Waals surface area contributed by atoms with Crippen molar-refractivity contribution in [3.05, 3.63) is 36.0 Å². The molecular formula is C27H33F2N7O2. The van der Waals surface area contributed by atoms with Gasteiger partial charge in [0.05, 0.1) is 18.0 Å². The van der Waals surface area contributed by atoms with Crippen molar-refractivity contribution in [1.82, 2.24) is 24.8 Å². The molecule has 3 aliphatic rings. The fourth-order valence-electron chi connectivity index (χ4n) is 5.65. The minimum atomic E-state index is -0.711. The summed E-state index contributed by atoms with van der Waals surface area (Å²) in [6.07, 6.45) is 9.69. The highest BCUT2D eigenvalue weighted by Crippen LogP contribution is 2.38. The molecule has 0 spiro atoms. The summed E-state index contributed by atoms with van der Waals surface area (Å²) in [5, 5.41) is 19.4. The molecule has 38 heavy (non-hydrogen) atoms. The molecule has 3 saturated carbocycles. The van der Waals surface area contributed by atoms with Gasteiger partial charge in [-0.25, -0.2) is 18.7 Å². The van der Waals surface area contributed by atoms with Gasteiger partial charge in [0.25, 0.3) is 0 Å². The van der Waals surface area contributed by atoms with Crippen molar-refractivity contribution in [2.45, 2.75) is 88.4 Å². The molecule has 2 heterocycles. The number of carbonyl (C=O) groups is 1. The van der Waals surface area contributed by atoms with Gasteiger partial charge in [-0.15, -0.1) is 0 Å². The van der Waals surface area contributed by atoms with Crippen LogP contribution in [0.2, 0.25) is 0 Å². The number of fused-ring (bicyclic) bond motifs is 1. The first-order valence-electron chi connectivity index (χ1n) is 13.6. The molecule has 3 aliphatic carbocycles. The summed E-state index contributed by atoms with van der Waals surface area (Å²) in [7, 11) is 0. The van der Waals surface area contributed by atoms with Crippen LogP contribution in [-0.2, 0) is 4.79 Å². The summed E-state index contributed by atoms with van der Waals surface area (Å²) in [5.74, 6) is -0.348. The molecule has 0 atom stereocenters. The van der Waals surface area contributed by atoms with Crippen molar-refractivity contribution in [2.75, 3.05) is 10.6 Å². The van der Waals surface area contributed by atoms with E-state index in [9.17, 15) is 18.7 Å². The Hall–Kier alpha value is -3.34. The molecule has 3 fully saturated rings. The zero-order valence-electron chi connectivity index (χ0n) is 21.2. The molecule has 1 amide bonds. The average Bonchev–Trinajstić information content (AvgIpc) is 3.65. The second-order valence-corrected chi connectivity index (χ2v) is 10.9. The molecule has 0 bridgehead atoms. The van der Waals surface area contributed by atoms with E-state index in [1.165, 1.54) is 12.1 Å². The zero-order chi connectivity index (χ0) is 26.2. The number of aromatic nitrogens is 4. The van der Waals surface area contributed by atoms with Gasteiger partial charge in [0, 0.05) is 30.1 Å². The van der Waals surface area contributed by atoms with Gasteiger partial charge < -0.3 is 21.1 Å². The number of nitrogens with one attached hydrogen (secondary N) is 3. The molecule has 6 rings (SSSR count). The normalized spacial score (nSPS) is 25.8. The van der Waals surface area contributed by atoms with Crippen LogP contribution in [0.1, 0.15) is 70.3 Å². The summed E-state index contributed by atoms with van der Waals surface area (Å²) in [6, 6.07) is 3.91. The maximum atomic E-state index is 14.5. The molecule has 0 unspecified atom stereocenters. The predicted molar refractivity (Wildman–Crippen MR) is 139 cm³/mol. The number of anilines is 3. The van der Waals surface area contributed by atoms with Gasteiger partial charge in [-0.2, -0.15) is 4.98 Å². The van der Waals surface area contributed by atoms with Crippen LogP contribution in [0, 0.1) is 17.6 Å². The Bertz CT molecular complexity index is 1310. The van der Waals surface area contributed by atoms with Gasteiger partial charge in [-0.1, -0.05) is 0 Å². The number of imidazole rings is 1. The topological polar surface area (TPSA) is 117 Å². The highest BCUT2D eigenvalue weighted by molar-refractivity contribution is 5.79. The Morgan fingerprint density at radius 3 is 2.39 bits per heavy atom. The Kier molecular flexibility index (Phi) is 6.86. The van der Waals surface area contributed by atoms with Crippen LogP contribution >= 0.6 is 0 Å². The van der Waals surface area contributed by atoms with Gasteiger partial charge in [0.1, 0.15) is 17.2 Å². The summed E-state index contributed by atoms with van der Waals surface area (Å²) in [5.41, 5.74) is 1.30. The summed E-state index contributed by atoms with van der Waals surface area (Å²) < 4.78 is 30.0. The number of hydrogen-bond acceptors (Lipinski definition) is 7. The summed E-state index contributed by atoms with van der Waals surface area (Å²) >= 11 is 0. The first-order chi connectivity index (χ1) is 18.4. The van der Waals surface area contributed by atoms with Crippen LogP contribution in [0.5, 0.6) is 0 Å². The van der Waals surface area contributed by atoms with Crippen molar-refractivity contribution in [2.24, 2.45) is 5.92 Å². The first-order valence-corrected chi connectivity index (χ1v) is 13.6. The molecule has 1 aromatic carbocycles. The quantitative estimate of drug-likeness (QED) is 0.357. The SMILES string of the molecule is O=C(NC1CC1)[C@H]1CC[C@@H](n2c(Nc3ccc(F)cc3F)nc3cnc(N[C@H]4CC[C@H](O)CC4)nc32)CC1. The number of aliphatic hydroxyl groups is 1. The lowest BCUT2D eigenvalue weighted by molar-refractivity contribution is -0.126. The van der Waals surface area contributed by atoms with Crippen molar-refractivity contribution < 1.29 is 18.7 Å². The predicted octanol–water partition coefficient (Wildman–Crippen LogP) is 4.57. The van der Waals surface area contributed by atoms with Crippen LogP contribution in [0.15, 0.2) is 24.4 Å². The van der Waals surface area contributed by atoms with E-state index in [2.05, 4.69) is 25.9 Å². The van der Waals surface area contributed by atoms with E-state index in [0.717, 1.165) is 70.3 Å². The third-order valence-corrected chi connectivity index (χ3v) is 8.00. The molecule has 0 aliphatic heterocycles. The maximum absolute atomic E-state index is 14.5. The van der Waals surface area contributed by atoms with Gasteiger partial charge in [0.2, 0.25) is 17.8 Å². The fourth-order valence-corrected chi connectivity index (χ4v) is 5.65. The zero-order valence-corrected chi connectivity index (χ0v) is 21.2. The molecule has 4 N–H and O–H groups in total. The Labute approximate surface area is 219 Å². The van der Waals surface area contributed by atoms with E-state index >= 15 is 0 Å². The van der Waals surface area contributed by atoms with Crippen molar-refractivity contribution in [3.63, 3.8) is 0 Å². The molecule has 0 saturated heterocycles. The first kappa shape index (κ1) is 25.0. The van der Waals surface area contributed by atoms with Gasteiger partial charge in [-0.05, 0) is 76.3 Å². The van der Waals surface area contributed by atoms with Crippen molar-refractivity contribution in [1.29, 1.82) is 0 Å². The second kappa shape index (κ2) is 10.4. The molecule has 9 nitrogen and oxygen atoms in total. The monoisotopic (exact) mass is 525 g/mol. The van der Waals surface area contributed by atoms with Crippen molar-refractivity contribution in [3.8, 4) is 0 Å². The lowest BCUT2D eigenvalue weighted by atomic mass is 9.85. The van der Waals surface area contributed by atoms with Gasteiger partial charge in [0.15, 0.2) is 5.65 Å². The number of rotatable bonds is 7. The number of carbonyl (C=O) groups excluding carboxylic acids is 1.